The summed E-state index contributed by atoms with van der Waals surface area (Å²) in [7, 11) is 1.71. The second kappa shape index (κ2) is 12.8. The van der Waals surface area contributed by atoms with Crippen LogP contribution in [-0.4, -0.2) is 25.2 Å². The van der Waals surface area contributed by atoms with E-state index < -0.39 is 0 Å². The standard InChI is InChI=1S/C20H41NO2/c1-7-9-10-11-12-13-14-15-16-20(4,5)19(22)21-17(3)18(8-2)23-6/h17-18H,7-16H2,1-6H3,(H,21,22). The van der Waals surface area contributed by atoms with Gasteiger partial charge in [0.2, 0.25) is 5.91 Å². The van der Waals surface area contributed by atoms with Gasteiger partial charge in [0.1, 0.15) is 0 Å². The van der Waals surface area contributed by atoms with Gasteiger partial charge in [-0.2, -0.15) is 0 Å². The minimum atomic E-state index is -0.289. The molecule has 0 aliphatic carbocycles. The Kier molecular flexibility index (Phi) is 12.5. The molecular weight excluding hydrogens is 286 g/mol. The molecule has 1 amide bonds. The lowest BCUT2D eigenvalue weighted by molar-refractivity contribution is -0.131. The Labute approximate surface area is 144 Å². The van der Waals surface area contributed by atoms with Crippen molar-refractivity contribution < 1.29 is 9.53 Å². The van der Waals surface area contributed by atoms with Crippen molar-refractivity contribution in [3.05, 3.63) is 0 Å². The van der Waals surface area contributed by atoms with Crippen molar-refractivity contribution in [3.63, 3.8) is 0 Å². The second-order valence-electron chi connectivity index (χ2n) is 7.55. The first-order valence-electron chi connectivity index (χ1n) is 9.72. The van der Waals surface area contributed by atoms with E-state index in [4.69, 9.17) is 4.74 Å². The van der Waals surface area contributed by atoms with Gasteiger partial charge in [0.05, 0.1) is 12.1 Å². The Hall–Kier alpha value is -0.570. The molecule has 3 nitrogen and oxygen atoms in total. The van der Waals surface area contributed by atoms with E-state index in [9.17, 15) is 4.79 Å². The zero-order valence-corrected chi connectivity index (χ0v) is 16.5. The molecule has 0 saturated carbocycles. The van der Waals surface area contributed by atoms with E-state index in [1.165, 1.54) is 44.9 Å². The van der Waals surface area contributed by atoms with Gasteiger partial charge < -0.3 is 10.1 Å². The fourth-order valence-corrected chi connectivity index (χ4v) is 3.03. The SMILES string of the molecule is CCCCCCCCCCC(C)(C)C(=O)NC(C)C(CC)OC. The first-order valence-corrected chi connectivity index (χ1v) is 9.72. The number of unbranched alkanes of at least 4 members (excludes halogenated alkanes) is 7. The van der Waals surface area contributed by atoms with Crippen LogP contribution in [0.4, 0.5) is 0 Å². The fourth-order valence-electron chi connectivity index (χ4n) is 3.03. The number of ether oxygens (including phenoxy) is 1. The molecule has 0 fully saturated rings. The highest BCUT2D eigenvalue weighted by Crippen LogP contribution is 2.25. The lowest BCUT2D eigenvalue weighted by Gasteiger charge is -2.29. The maximum Gasteiger partial charge on any atom is 0.225 e. The van der Waals surface area contributed by atoms with Gasteiger partial charge in [-0.25, -0.2) is 0 Å². The van der Waals surface area contributed by atoms with Gasteiger partial charge in [-0.15, -0.1) is 0 Å². The summed E-state index contributed by atoms with van der Waals surface area (Å²) in [5.41, 5.74) is -0.289. The molecule has 1 N–H and O–H groups in total. The van der Waals surface area contributed by atoms with Crippen LogP contribution < -0.4 is 5.32 Å². The van der Waals surface area contributed by atoms with E-state index in [0.717, 1.165) is 19.3 Å². The maximum absolute atomic E-state index is 12.5. The predicted octanol–water partition coefficient (Wildman–Crippen LogP) is 5.47. The summed E-state index contributed by atoms with van der Waals surface area (Å²) in [6.07, 6.45) is 12.4. The average molecular weight is 328 g/mol. The van der Waals surface area contributed by atoms with Crippen LogP contribution in [0.5, 0.6) is 0 Å². The highest BCUT2D eigenvalue weighted by Gasteiger charge is 2.29. The Morgan fingerprint density at radius 3 is 2.00 bits per heavy atom. The van der Waals surface area contributed by atoms with Crippen molar-refractivity contribution in [1.82, 2.24) is 5.32 Å². The van der Waals surface area contributed by atoms with Gasteiger partial charge in [-0.3, -0.25) is 4.79 Å². The summed E-state index contributed by atoms with van der Waals surface area (Å²) in [4.78, 5) is 12.5. The van der Waals surface area contributed by atoms with Gasteiger partial charge >= 0.3 is 0 Å². The third-order valence-corrected chi connectivity index (χ3v) is 4.89. The predicted molar refractivity (Wildman–Crippen MR) is 99.7 cm³/mol. The Bertz CT molecular complexity index is 298. The van der Waals surface area contributed by atoms with E-state index in [1.54, 1.807) is 7.11 Å². The summed E-state index contributed by atoms with van der Waals surface area (Å²) < 4.78 is 5.41. The van der Waals surface area contributed by atoms with Crippen molar-refractivity contribution in [2.24, 2.45) is 5.41 Å². The molecule has 23 heavy (non-hydrogen) atoms. The molecule has 2 atom stereocenters. The van der Waals surface area contributed by atoms with Crippen LogP contribution in [0.25, 0.3) is 0 Å². The number of hydrogen-bond acceptors (Lipinski definition) is 2. The van der Waals surface area contributed by atoms with Crippen molar-refractivity contribution in [2.75, 3.05) is 7.11 Å². The molecule has 0 bridgehead atoms. The quantitative estimate of drug-likeness (QED) is 0.429. The minimum Gasteiger partial charge on any atom is -0.379 e. The molecule has 0 saturated heterocycles. The molecule has 0 aliphatic heterocycles. The number of carbonyl (C=O) groups excluding carboxylic acids is 1. The Morgan fingerprint density at radius 2 is 1.52 bits per heavy atom. The minimum absolute atomic E-state index is 0.0651. The van der Waals surface area contributed by atoms with Gasteiger partial charge in [0.15, 0.2) is 0 Å². The summed E-state index contributed by atoms with van der Waals surface area (Å²) in [6.45, 7) is 10.5. The van der Waals surface area contributed by atoms with Crippen molar-refractivity contribution in [2.45, 2.75) is 111 Å². The van der Waals surface area contributed by atoms with E-state index in [-0.39, 0.29) is 23.5 Å². The van der Waals surface area contributed by atoms with Gasteiger partial charge in [0, 0.05) is 12.5 Å². The molecule has 0 aromatic rings. The van der Waals surface area contributed by atoms with Crippen molar-refractivity contribution in [1.29, 1.82) is 0 Å². The molecule has 0 aromatic heterocycles. The number of amides is 1. The smallest absolute Gasteiger partial charge is 0.225 e. The summed E-state index contributed by atoms with van der Waals surface area (Å²) in [6, 6.07) is 0.0651. The average Bonchev–Trinajstić information content (AvgIpc) is 2.51. The van der Waals surface area contributed by atoms with E-state index in [2.05, 4.69) is 33.0 Å². The molecule has 2 unspecified atom stereocenters. The zero-order chi connectivity index (χ0) is 17.7. The third-order valence-electron chi connectivity index (χ3n) is 4.89. The van der Waals surface area contributed by atoms with Crippen LogP contribution in [-0.2, 0) is 9.53 Å². The number of carbonyl (C=O) groups is 1. The molecule has 0 aliphatic rings. The van der Waals surface area contributed by atoms with Gasteiger partial charge in [-0.1, -0.05) is 79.1 Å². The summed E-state index contributed by atoms with van der Waals surface area (Å²) in [5, 5.41) is 3.13. The molecule has 0 aromatic carbocycles. The lowest BCUT2D eigenvalue weighted by atomic mass is 9.85. The van der Waals surface area contributed by atoms with Gasteiger partial charge in [0.25, 0.3) is 0 Å². The van der Waals surface area contributed by atoms with Gasteiger partial charge in [-0.05, 0) is 19.8 Å². The van der Waals surface area contributed by atoms with Crippen LogP contribution in [0.1, 0.15) is 98.8 Å². The molecule has 3 heteroatoms. The normalized spacial score (nSPS) is 14.5. The lowest BCUT2D eigenvalue weighted by Crippen LogP contribution is -2.47. The first-order chi connectivity index (χ1) is 10.9. The first kappa shape index (κ1) is 22.4. The maximum atomic E-state index is 12.5. The monoisotopic (exact) mass is 327 g/mol. The van der Waals surface area contributed by atoms with Crippen LogP contribution in [0.3, 0.4) is 0 Å². The van der Waals surface area contributed by atoms with E-state index in [0.29, 0.717) is 0 Å². The molecule has 0 heterocycles. The van der Waals surface area contributed by atoms with E-state index in [1.807, 2.05) is 6.92 Å². The van der Waals surface area contributed by atoms with E-state index >= 15 is 0 Å². The Balaban J connectivity index is 3.95. The molecule has 138 valence electrons. The fraction of sp³-hybridized carbons (Fsp3) is 0.950. The van der Waals surface area contributed by atoms with Crippen molar-refractivity contribution >= 4 is 5.91 Å². The highest BCUT2D eigenvalue weighted by molar-refractivity contribution is 5.82. The Morgan fingerprint density at radius 1 is 1.00 bits per heavy atom. The topological polar surface area (TPSA) is 38.3 Å². The molecule has 0 radical (unpaired) electrons. The molecule has 0 rings (SSSR count). The van der Waals surface area contributed by atoms with Crippen LogP contribution in [0, 0.1) is 5.41 Å². The second-order valence-corrected chi connectivity index (χ2v) is 7.55. The molecular formula is C20H41NO2. The van der Waals surface area contributed by atoms with Crippen LogP contribution in [0.2, 0.25) is 0 Å². The summed E-state index contributed by atoms with van der Waals surface area (Å²) in [5.74, 6) is 0.156. The third kappa shape index (κ3) is 10.0. The van der Waals surface area contributed by atoms with Crippen molar-refractivity contribution in [3.8, 4) is 0 Å². The highest BCUT2D eigenvalue weighted by atomic mass is 16.5. The summed E-state index contributed by atoms with van der Waals surface area (Å²) >= 11 is 0. The largest absolute Gasteiger partial charge is 0.379 e. The zero-order valence-electron chi connectivity index (χ0n) is 16.5. The number of nitrogens with one attached hydrogen (secondary N) is 1. The molecule has 0 spiro atoms. The number of hydrogen-bond donors (Lipinski definition) is 1. The van der Waals surface area contributed by atoms with Crippen LogP contribution in [0.15, 0.2) is 0 Å². The van der Waals surface area contributed by atoms with Crippen LogP contribution >= 0.6 is 0 Å². The number of rotatable bonds is 14. The number of methoxy groups -OCH3 is 1.